The molecular weight excluding hydrogens is 498 g/mol. The number of rotatable bonds is 21. The second kappa shape index (κ2) is 19.8. The fourth-order valence-electron chi connectivity index (χ4n) is 4.40. The van der Waals surface area contributed by atoms with Crippen molar-refractivity contribution in [1.82, 2.24) is 10.6 Å². The summed E-state index contributed by atoms with van der Waals surface area (Å²) >= 11 is 0. The molecule has 0 saturated heterocycles. The van der Waals surface area contributed by atoms with Gasteiger partial charge in [0, 0.05) is 52.5 Å². The first-order chi connectivity index (χ1) is 18.6. The molecule has 1 aromatic rings. The van der Waals surface area contributed by atoms with E-state index in [1.165, 1.54) is 0 Å². The Morgan fingerprint density at radius 2 is 1.54 bits per heavy atom. The summed E-state index contributed by atoms with van der Waals surface area (Å²) in [6.45, 7) is 10.9. The minimum atomic E-state index is -0.827. The average Bonchev–Trinajstić information content (AvgIpc) is 2.91. The van der Waals surface area contributed by atoms with Gasteiger partial charge in [0.2, 0.25) is 5.91 Å². The van der Waals surface area contributed by atoms with E-state index < -0.39 is 12.1 Å². The van der Waals surface area contributed by atoms with E-state index in [-0.39, 0.29) is 35.5 Å². The largest absolute Gasteiger partial charge is 0.493 e. The van der Waals surface area contributed by atoms with Gasteiger partial charge in [-0.3, -0.25) is 9.59 Å². The highest BCUT2D eigenvalue weighted by Crippen LogP contribution is 2.24. The highest BCUT2D eigenvalue weighted by molar-refractivity contribution is 5.96. The molecule has 5 N–H and O–H groups in total. The molecule has 9 heteroatoms. The van der Waals surface area contributed by atoms with Crippen LogP contribution in [0.3, 0.4) is 0 Å². The molecule has 0 heterocycles. The van der Waals surface area contributed by atoms with Gasteiger partial charge < -0.3 is 35.7 Å². The van der Waals surface area contributed by atoms with Crippen molar-refractivity contribution in [2.24, 2.45) is 29.4 Å². The quantitative estimate of drug-likeness (QED) is 0.172. The number of para-hydroxylation sites is 1. The van der Waals surface area contributed by atoms with Gasteiger partial charge in [-0.15, -0.1) is 0 Å². The van der Waals surface area contributed by atoms with Crippen LogP contribution in [0.4, 0.5) is 0 Å². The number of methoxy groups -OCH3 is 2. The number of amides is 2. The fraction of sp³-hybridized carbons (Fsp3) is 0.733. The van der Waals surface area contributed by atoms with E-state index in [0.717, 1.165) is 19.3 Å². The summed E-state index contributed by atoms with van der Waals surface area (Å²) in [5, 5.41) is 16.9. The Morgan fingerprint density at radius 3 is 2.18 bits per heavy atom. The van der Waals surface area contributed by atoms with E-state index in [4.69, 9.17) is 19.9 Å². The van der Waals surface area contributed by atoms with Crippen molar-refractivity contribution in [3.8, 4) is 5.75 Å². The van der Waals surface area contributed by atoms with E-state index >= 15 is 0 Å². The third kappa shape index (κ3) is 13.6. The number of nitrogens with one attached hydrogen (secondary N) is 2. The van der Waals surface area contributed by atoms with E-state index in [1.807, 2.05) is 26.0 Å². The number of benzene rings is 1. The molecule has 4 atom stereocenters. The van der Waals surface area contributed by atoms with Gasteiger partial charge in [-0.25, -0.2) is 0 Å². The van der Waals surface area contributed by atoms with Crippen molar-refractivity contribution in [1.29, 1.82) is 0 Å². The molecule has 2 amide bonds. The van der Waals surface area contributed by atoms with Gasteiger partial charge in [0.15, 0.2) is 0 Å². The van der Waals surface area contributed by atoms with Crippen molar-refractivity contribution in [3.63, 3.8) is 0 Å². The smallest absolute Gasteiger partial charge is 0.255 e. The molecule has 0 aromatic heterocycles. The number of ether oxygens (including phenoxy) is 3. The molecule has 39 heavy (non-hydrogen) atoms. The zero-order chi connectivity index (χ0) is 29.2. The highest BCUT2D eigenvalue weighted by Gasteiger charge is 2.29. The number of hydrogen-bond donors (Lipinski definition) is 4. The van der Waals surface area contributed by atoms with Gasteiger partial charge in [-0.2, -0.15) is 0 Å². The molecule has 0 saturated carbocycles. The van der Waals surface area contributed by atoms with Crippen LogP contribution in [0.2, 0.25) is 0 Å². The number of nitrogens with two attached hydrogens (primary N) is 1. The van der Waals surface area contributed by atoms with E-state index in [0.29, 0.717) is 57.1 Å². The molecule has 0 fully saturated rings. The Labute approximate surface area is 235 Å². The monoisotopic (exact) mass is 551 g/mol. The molecular formula is C30H53N3O6. The number of aliphatic hydroxyl groups is 1. The molecule has 9 nitrogen and oxygen atoms in total. The Bertz CT molecular complexity index is 820. The molecule has 0 spiro atoms. The summed E-state index contributed by atoms with van der Waals surface area (Å²) < 4.78 is 16.0. The number of hydrogen-bond acceptors (Lipinski definition) is 7. The summed E-state index contributed by atoms with van der Waals surface area (Å²) in [6.07, 6.45) is 2.46. The van der Waals surface area contributed by atoms with E-state index in [1.54, 1.807) is 26.4 Å². The topological polar surface area (TPSA) is 132 Å². The maximum Gasteiger partial charge on any atom is 0.255 e. The fourth-order valence-corrected chi connectivity index (χ4v) is 4.40. The lowest BCUT2D eigenvalue weighted by atomic mass is 9.83. The predicted octanol–water partition coefficient (Wildman–Crippen LogP) is 3.39. The van der Waals surface area contributed by atoms with Crippen molar-refractivity contribution < 1.29 is 28.9 Å². The standard InChI is InChI=1S/C30H53N3O6/c1-21(2)23(18-26(31)27(34)19-25(22(3)4)30(36)32-14-11-16-38-6)20-33-29(35)24-12-7-8-13-28(24)39-17-10-9-15-37-5/h7-8,12-13,21-23,25-27,34H,9-11,14-20,31H2,1-6H3,(H,32,36)(H,33,35). The minimum absolute atomic E-state index is 0.0566. The van der Waals surface area contributed by atoms with Gasteiger partial charge in [0.1, 0.15) is 5.75 Å². The Hall–Kier alpha value is -2.20. The Morgan fingerprint density at radius 1 is 0.897 bits per heavy atom. The molecule has 224 valence electrons. The first-order valence-corrected chi connectivity index (χ1v) is 14.3. The summed E-state index contributed by atoms with van der Waals surface area (Å²) in [5.41, 5.74) is 6.93. The van der Waals surface area contributed by atoms with Gasteiger partial charge in [0.25, 0.3) is 5.91 Å². The van der Waals surface area contributed by atoms with Crippen LogP contribution in [0.15, 0.2) is 24.3 Å². The van der Waals surface area contributed by atoms with Crippen LogP contribution >= 0.6 is 0 Å². The SMILES string of the molecule is COCCCCOc1ccccc1C(=O)NCC(CC(N)C(O)CC(C(=O)NCCCOC)C(C)C)C(C)C. The van der Waals surface area contributed by atoms with Crippen LogP contribution in [0.25, 0.3) is 0 Å². The average molecular weight is 552 g/mol. The van der Waals surface area contributed by atoms with Crippen LogP contribution in [-0.2, 0) is 14.3 Å². The molecule has 0 bridgehead atoms. The van der Waals surface area contributed by atoms with Crippen molar-refractivity contribution in [2.45, 2.75) is 71.9 Å². The molecule has 0 aliphatic rings. The maximum atomic E-state index is 13.0. The van der Waals surface area contributed by atoms with Crippen LogP contribution in [0, 0.1) is 23.7 Å². The van der Waals surface area contributed by atoms with Crippen LogP contribution in [0.5, 0.6) is 5.75 Å². The van der Waals surface area contributed by atoms with Crippen LogP contribution in [-0.4, -0.2) is 76.2 Å². The summed E-state index contributed by atoms with van der Waals surface area (Å²) in [7, 11) is 3.30. The lowest BCUT2D eigenvalue weighted by Crippen LogP contribution is -2.44. The summed E-state index contributed by atoms with van der Waals surface area (Å²) in [6, 6.07) is 6.71. The maximum absolute atomic E-state index is 13.0. The predicted molar refractivity (Wildman–Crippen MR) is 155 cm³/mol. The Balaban J connectivity index is 2.69. The zero-order valence-electron chi connectivity index (χ0n) is 24.9. The normalized spacial score (nSPS) is 14.6. The van der Waals surface area contributed by atoms with Gasteiger partial charge >= 0.3 is 0 Å². The molecule has 0 aliphatic carbocycles. The first kappa shape index (κ1) is 34.8. The zero-order valence-corrected chi connectivity index (χ0v) is 24.9. The Kier molecular flexibility index (Phi) is 17.7. The molecule has 1 aromatic carbocycles. The molecule has 1 rings (SSSR count). The molecule has 0 aliphatic heterocycles. The number of carbonyl (C=O) groups excluding carboxylic acids is 2. The van der Waals surface area contributed by atoms with Crippen LogP contribution in [0.1, 0.15) is 70.2 Å². The number of aliphatic hydroxyl groups excluding tert-OH is 1. The van der Waals surface area contributed by atoms with Crippen molar-refractivity contribution >= 4 is 11.8 Å². The first-order valence-electron chi connectivity index (χ1n) is 14.3. The van der Waals surface area contributed by atoms with Gasteiger partial charge in [-0.1, -0.05) is 39.8 Å². The second-order valence-electron chi connectivity index (χ2n) is 10.9. The lowest BCUT2D eigenvalue weighted by molar-refractivity contribution is -0.127. The summed E-state index contributed by atoms with van der Waals surface area (Å²) in [4.78, 5) is 25.7. The van der Waals surface area contributed by atoms with Gasteiger partial charge in [0.05, 0.1) is 18.3 Å². The van der Waals surface area contributed by atoms with E-state index in [2.05, 4.69) is 24.5 Å². The highest BCUT2D eigenvalue weighted by atomic mass is 16.5. The van der Waals surface area contributed by atoms with Crippen molar-refractivity contribution in [3.05, 3.63) is 29.8 Å². The number of unbranched alkanes of at least 4 members (excludes halogenated alkanes) is 1. The third-order valence-corrected chi connectivity index (χ3v) is 7.13. The number of carbonyl (C=O) groups is 2. The molecule has 0 radical (unpaired) electrons. The van der Waals surface area contributed by atoms with Gasteiger partial charge in [-0.05, 0) is 62.0 Å². The van der Waals surface area contributed by atoms with Crippen LogP contribution < -0.4 is 21.1 Å². The summed E-state index contributed by atoms with van der Waals surface area (Å²) in [5.74, 6) is 0.308. The minimum Gasteiger partial charge on any atom is -0.493 e. The lowest BCUT2D eigenvalue weighted by Gasteiger charge is -2.30. The third-order valence-electron chi connectivity index (χ3n) is 7.13. The van der Waals surface area contributed by atoms with E-state index in [9.17, 15) is 14.7 Å². The van der Waals surface area contributed by atoms with Crippen molar-refractivity contribution in [2.75, 3.05) is 47.1 Å². The molecule has 4 unspecified atom stereocenters. The second-order valence-corrected chi connectivity index (χ2v) is 10.9.